The van der Waals surface area contributed by atoms with Crippen molar-refractivity contribution < 1.29 is 0 Å². The summed E-state index contributed by atoms with van der Waals surface area (Å²) in [7, 11) is 0. The van der Waals surface area contributed by atoms with E-state index in [0.717, 1.165) is 37.3 Å². The molecular weight excluding hydrogens is 302 g/mol. The van der Waals surface area contributed by atoms with E-state index in [1.165, 1.54) is 5.56 Å². The first-order valence-electron chi connectivity index (χ1n) is 6.59. The second kappa shape index (κ2) is 7.46. The van der Waals surface area contributed by atoms with Crippen molar-refractivity contribution in [1.29, 1.82) is 0 Å². The minimum atomic E-state index is 0.992. The van der Waals surface area contributed by atoms with Crippen LogP contribution in [0.4, 0.5) is 0 Å². The van der Waals surface area contributed by atoms with Crippen LogP contribution in [0.15, 0.2) is 42.7 Å². The maximum atomic E-state index is 4.26. The lowest BCUT2D eigenvalue weighted by Crippen LogP contribution is -2.29. The molecule has 0 saturated heterocycles. The molecule has 19 heavy (non-hydrogen) atoms. The summed E-state index contributed by atoms with van der Waals surface area (Å²) < 4.78 is 2.20. The van der Waals surface area contributed by atoms with Gasteiger partial charge in [0.1, 0.15) is 5.82 Å². The second-order valence-electron chi connectivity index (χ2n) is 4.62. The Balaban J connectivity index is 1.91. The topological polar surface area (TPSA) is 21.1 Å². The summed E-state index contributed by atoms with van der Waals surface area (Å²) in [5, 5.41) is 1.00. The molecule has 0 bridgehead atoms. The smallest absolute Gasteiger partial charge is 0.105 e. The number of hydrogen-bond donors (Lipinski definition) is 0. The normalized spacial score (nSPS) is 11.1. The summed E-state index contributed by atoms with van der Waals surface area (Å²) in [6.07, 6.45) is 3.91. The maximum absolute atomic E-state index is 4.26. The van der Waals surface area contributed by atoms with Crippen LogP contribution in [0, 0.1) is 6.92 Å². The summed E-state index contributed by atoms with van der Waals surface area (Å²) in [6, 6.07) is 10.6. The van der Waals surface area contributed by atoms with Gasteiger partial charge in [0.2, 0.25) is 0 Å². The van der Waals surface area contributed by atoms with E-state index in [-0.39, 0.29) is 0 Å². The highest BCUT2D eigenvalue weighted by atomic mass is 79.9. The van der Waals surface area contributed by atoms with Gasteiger partial charge in [-0.1, -0.05) is 46.3 Å². The molecular formula is C15H20BrN3. The van der Waals surface area contributed by atoms with Crippen LogP contribution >= 0.6 is 15.9 Å². The summed E-state index contributed by atoms with van der Waals surface area (Å²) in [5.41, 5.74) is 1.37. The number of aromatic nitrogens is 2. The van der Waals surface area contributed by atoms with Crippen LogP contribution < -0.4 is 0 Å². The monoisotopic (exact) mass is 321 g/mol. The molecule has 102 valence electrons. The molecule has 2 aromatic rings. The molecule has 0 aliphatic carbocycles. The standard InChI is InChI=1S/C15H20BrN3/c1-14-17-8-10-19(14)12-11-18(9-7-16)13-15-5-3-2-4-6-15/h2-6,8,10H,7,9,11-13H2,1H3. The van der Waals surface area contributed by atoms with E-state index in [1.54, 1.807) is 0 Å². The van der Waals surface area contributed by atoms with Crippen molar-refractivity contribution in [2.24, 2.45) is 0 Å². The van der Waals surface area contributed by atoms with Crippen molar-refractivity contribution in [3.63, 3.8) is 0 Å². The average molecular weight is 322 g/mol. The van der Waals surface area contributed by atoms with Gasteiger partial charge in [-0.3, -0.25) is 4.90 Å². The van der Waals surface area contributed by atoms with E-state index in [2.05, 4.69) is 60.7 Å². The summed E-state index contributed by atoms with van der Waals surface area (Å²) in [4.78, 5) is 6.72. The van der Waals surface area contributed by atoms with Crippen LogP contribution in [0.2, 0.25) is 0 Å². The second-order valence-corrected chi connectivity index (χ2v) is 5.41. The summed E-state index contributed by atoms with van der Waals surface area (Å²) >= 11 is 3.54. The number of hydrogen-bond acceptors (Lipinski definition) is 2. The van der Waals surface area contributed by atoms with Gasteiger partial charge in [0, 0.05) is 43.9 Å². The third-order valence-corrected chi connectivity index (χ3v) is 3.59. The Morgan fingerprint density at radius 2 is 2.00 bits per heavy atom. The lowest BCUT2D eigenvalue weighted by molar-refractivity contribution is 0.270. The number of rotatable bonds is 7. The van der Waals surface area contributed by atoms with Gasteiger partial charge in [0.05, 0.1) is 0 Å². The lowest BCUT2D eigenvalue weighted by Gasteiger charge is -2.22. The van der Waals surface area contributed by atoms with Crippen LogP contribution in [0.1, 0.15) is 11.4 Å². The molecule has 0 fully saturated rings. The molecule has 0 saturated carbocycles. The van der Waals surface area contributed by atoms with E-state index in [0.29, 0.717) is 0 Å². The number of benzene rings is 1. The SMILES string of the molecule is Cc1nccn1CCN(CCBr)Cc1ccccc1. The summed E-state index contributed by atoms with van der Waals surface area (Å²) in [6.45, 7) is 6.14. The van der Waals surface area contributed by atoms with Crippen LogP contribution in [-0.4, -0.2) is 32.9 Å². The van der Waals surface area contributed by atoms with Crippen LogP contribution in [0.25, 0.3) is 0 Å². The fourth-order valence-electron chi connectivity index (χ4n) is 2.12. The third-order valence-electron chi connectivity index (χ3n) is 3.23. The zero-order valence-electron chi connectivity index (χ0n) is 11.3. The average Bonchev–Trinajstić information content (AvgIpc) is 2.83. The summed E-state index contributed by atoms with van der Waals surface area (Å²) in [5.74, 6) is 1.08. The zero-order valence-corrected chi connectivity index (χ0v) is 12.9. The first-order chi connectivity index (χ1) is 9.29. The van der Waals surface area contributed by atoms with Gasteiger partial charge in [-0.25, -0.2) is 4.98 Å². The Morgan fingerprint density at radius 1 is 1.21 bits per heavy atom. The van der Waals surface area contributed by atoms with Crippen molar-refractivity contribution in [3.05, 3.63) is 54.1 Å². The molecule has 0 atom stereocenters. The van der Waals surface area contributed by atoms with Gasteiger partial charge >= 0.3 is 0 Å². The number of halogens is 1. The molecule has 0 N–H and O–H groups in total. The molecule has 4 heteroatoms. The highest BCUT2D eigenvalue weighted by Crippen LogP contribution is 2.06. The molecule has 0 spiro atoms. The molecule has 0 unspecified atom stereocenters. The fraction of sp³-hybridized carbons (Fsp3) is 0.400. The predicted octanol–water partition coefficient (Wildman–Crippen LogP) is 3.09. The Bertz CT molecular complexity index is 481. The maximum Gasteiger partial charge on any atom is 0.105 e. The Morgan fingerprint density at radius 3 is 2.63 bits per heavy atom. The largest absolute Gasteiger partial charge is 0.334 e. The van der Waals surface area contributed by atoms with Crippen molar-refractivity contribution in [3.8, 4) is 0 Å². The number of nitrogens with zero attached hydrogens (tertiary/aromatic N) is 3. The molecule has 1 aromatic carbocycles. The zero-order chi connectivity index (χ0) is 13.5. The van der Waals surface area contributed by atoms with Crippen molar-refractivity contribution in [2.45, 2.75) is 20.0 Å². The van der Waals surface area contributed by atoms with Crippen LogP contribution in [-0.2, 0) is 13.1 Å². The minimum absolute atomic E-state index is 0.992. The van der Waals surface area contributed by atoms with Gasteiger partial charge in [-0.05, 0) is 12.5 Å². The lowest BCUT2D eigenvalue weighted by atomic mass is 10.2. The van der Waals surface area contributed by atoms with Gasteiger partial charge in [-0.15, -0.1) is 0 Å². The molecule has 1 aromatic heterocycles. The van der Waals surface area contributed by atoms with E-state index < -0.39 is 0 Å². The number of imidazole rings is 1. The molecule has 0 radical (unpaired) electrons. The highest BCUT2D eigenvalue weighted by Gasteiger charge is 2.06. The van der Waals surface area contributed by atoms with E-state index in [1.807, 2.05) is 19.3 Å². The van der Waals surface area contributed by atoms with Crippen molar-refractivity contribution >= 4 is 15.9 Å². The van der Waals surface area contributed by atoms with Crippen LogP contribution in [0.5, 0.6) is 0 Å². The van der Waals surface area contributed by atoms with Gasteiger partial charge in [-0.2, -0.15) is 0 Å². The molecule has 1 heterocycles. The number of aryl methyl sites for hydroxylation is 1. The fourth-order valence-corrected chi connectivity index (χ4v) is 2.62. The van der Waals surface area contributed by atoms with E-state index in [9.17, 15) is 0 Å². The molecule has 0 aliphatic heterocycles. The van der Waals surface area contributed by atoms with Crippen molar-refractivity contribution in [2.75, 3.05) is 18.4 Å². The Kier molecular flexibility index (Phi) is 5.61. The third kappa shape index (κ3) is 4.48. The minimum Gasteiger partial charge on any atom is -0.334 e. The number of alkyl halides is 1. The highest BCUT2D eigenvalue weighted by molar-refractivity contribution is 9.09. The molecule has 0 amide bonds. The van der Waals surface area contributed by atoms with Crippen LogP contribution in [0.3, 0.4) is 0 Å². The molecule has 0 aliphatic rings. The van der Waals surface area contributed by atoms with Gasteiger partial charge in [0.15, 0.2) is 0 Å². The molecule has 2 rings (SSSR count). The Hall–Kier alpha value is -1.13. The first kappa shape index (κ1) is 14.3. The van der Waals surface area contributed by atoms with E-state index >= 15 is 0 Å². The first-order valence-corrected chi connectivity index (χ1v) is 7.71. The predicted molar refractivity (Wildman–Crippen MR) is 82.5 cm³/mol. The van der Waals surface area contributed by atoms with E-state index in [4.69, 9.17) is 0 Å². The van der Waals surface area contributed by atoms with Crippen molar-refractivity contribution in [1.82, 2.24) is 14.5 Å². The Labute approximate surface area is 123 Å². The molecule has 3 nitrogen and oxygen atoms in total. The quantitative estimate of drug-likeness (QED) is 0.731. The van der Waals surface area contributed by atoms with Gasteiger partial charge in [0.25, 0.3) is 0 Å². The van der Waals surface area contributed by atoms with Gasteiger partial charge < -0.3 is 4.57 Å².